The van der Waals surface area contributed by atoms with Gasteiger partial charge in [0.05, 0.1) is 6.10 Å². The van der Waals surface area contributed by atoms with Crippen LogP contribution in [0, 0.1) is 0 Å². The maximum absolute atomic E-state index is 10.2. The molecule has 0 fully saturated rings. The Morgan fingerprint density at radius 2 is 2.31 bits per heavy atom. The van der Waals surface area contributed by atoms with Gasteiger partial charge in [-0.25, -0.2) is 0 Å². The van der Waals surface area contributed by atoms with Crippen molar-refractivity contribution in [3.8, 4) is 0 Å². The Labute approximate surface area is 99.1 Å². The van der Waals surface area contributed by atoms with Crippen LogP contribution in [-0.2, 0) is 9.53 Å². The summed E-state index contributed by atoms with van der Waals surface area (Å²) in [5, 5.41) is 0. The number of ether oxygens (including phenoxy) is 1. The molecular formula is C14H24O2. The van der Waals surface area contributed by atoms with Crippen LogP contribution in [0.4, 0.5) is 0 Å². The number of carbonyl (C=O) groups excluding carboxylic acids is 1. The molecule has 1 rings (SSSR count). The van der Waals surface area contributed by atoms with Crippen molar-refractivity contribution < 1.29 is 9.53 Å². The van der Waals surface area contributed by atoms with E-state index in [1.54, 1.807) is 0 Å². The van der Waals surface area contributed by atoms with E-state index in [0.717, 1.165) is 25.7 Å². The van der Waals surface area contributed by atoms with Crippen molar-refractivity contribution in [3.05, 3.63) is 11.6 Å². The van der Waals surface area contributed by atoms with Gasteiger partial charge in [0.25, 0.3) is 0 Å². The molecule has 1 aliphatic rings. The standard InChI is InChI=1S/C14H24O2/c1-2-3-4-8-13-9-7-10-14(13)16-12-6-5-11-15/h9,11,14H,2-8,10,12H2,1H3. The van der Waals surface area contributed by atoms with Gasteiger partial charge in [-0.3, -0.25) is 0 Å². The molecule has 0 heterocycles. The van der Waals surface area contributed by atoms with Crippen LogP contribution >= 0.6 is 0 Å². The van der Waals surface area contributed by atoms with Crippen molar-refractivity contribution in [1.82, 2.24) is 0 Å². The second-order valence-electron chi connectivity index (χ2n) is 4.48. The largest absolute Gasteiger partial charge is 0.374 e. The molecule has 0 spiro atoms. The Hall–Kier alpha value is -0.630. The van der Waals surface area contributed by atoms with Crippen LogP contribution in [0.1, 0.15) is 58.3 Å². The summed E-state index contributed by atoms with van der Waals surface area (Å²) in [4.78, 5) is 10.2. The predicted octanol–water partition coefficient (Wildman–Crippen LogP) is 3.65. The first-order valence-electron chi connectivity index (χ1n) is 6.62. The number of aldehydes is 1. The molecule has 0 radical (unpaired) electrons. The van der Waals surface area contributed by atoms with Crippen molar-refractivity contribution in [1.29, 1.82) is 0 Å². The number of allylic oxidation sites excluding steroid dienone is 1. The molecule has 0 aromatic heterocycles. The van der Waals surface area contributed by atoms with Crippen molar-refractivity contribution in [2.24, 2.45) is 0 Å². The lowest BCUT2D eigenvalue weighted by atomic mass is 10.1. The molecular weight excluding hydrogens is 200 g/mol. The smallest absolute Gasteiger partial charge is 0.120 e. The Balaban J connectivity index is 2.15. The van der Waals surface area contributed by atoms with Gasteiger partial charge < -0.3 is 9.53 Å². The summed E-state index contributed by atoms with van der Waals surface area (Å²) in [6, 6.07) is 0. The molecule has 16 heavy (non-hydrogen) atoms. The number of unbranched alkanes of at least 4 members (excludes halogenated alkanes) is 3. The second-order valence-corrected chi connectivity index (χ2v) is 4.48. The van der Waals surface area contributed by atoms with Crippen LogP contribution in [0.15, 0.2) is 11.6 Å². The van der Waals surface area contributed by atoms with E-state index in [9.17, 15) is 4.79 Å². The highest BCUT2D eigenvalue weighted by molar-refractivity contribution is 5.48. The fraction of sp³-hybridized carbons (Fsp3) is 0.786. The first-order chi connectivity index (χ1) is 7.88. The van der Waals surface area contributed by atoms with E-state index in [0.29, 0.717) is 12.5 Å². The van der Waals surface area contributed by atoms with Crippen molar-refractivity contribution >= 4 is 6.29 Å². The summed E-state index contributed by atoms with van der Waals surface area (Å²) < 4.78 is 5.82. The molecule has 92 valence electrons. The van der Waals surface area contributed by atoms with E-state index in [1.165, 1.54) is 37.7 Å². The van der Waals surface area contributed by atoms with E-state index in [1.807, 2.05) is 0 Å². The second kappa shape index (κ2) is 8.51. The number of hydrogen-bond donors (Lipinski definition) is 0. The minimum absolute atomic E-state index is 0.350. The zero-order valence-electron chi connectivity index (χ0n) is 10.4. The summed E-state index contributed by atoms with van der Waals surface area (Å²) in [7, 11) is 0. The molecule has 0 amide bonds. The lowest BCUT2D eigenvalue weighted by Crippen LogP contribution is -2.13. The van der Waals surface area contributed by atoms with Crippen molar-refractivity contribution in [2.45, 2.75) is 64.4 Å². The van der Waals surface area contributed by atoms with Crippen LogP contribution < -0.4 is 0 Å². The third-order valence-electron chi connectivity index (χ3n) is 3.10. The highest BCUT2D eigenvalue weighted by Gasteiger charge is 2.18. The summed E-state index contributed by atoms with van der Waals surface area (Å²) in [6.45, 7) is 2.96. The third kappa shape index (κ3) is 4.93. The fourth-order valence-corrected chi connectivity index (χ4v) is 2.16. The zero-order chi connectivity index (χ0) is 11.6. The summed E-state index contributed by atoms with van der Waals surface area (Å²) in [6.07, 6.45) is 12.5. The van der Waals surface area contributed by atoms with Crippen LogP contribution in [0.2, 0.25) is 0 Å². The van der Waals surface area contributed by atoms with Gasteiger partial charge in [0.1, 0.15) is 6.29 Å². The highest BCUT2D eigenvalue weighted by atomic mass is 16.5. The minimum atomic E-state index is 0.350. The average molecular weight is 224 g/mol. The van der Waals surface area contributed by atoms with Gasteiger partial charge in [0.15, 0.2) is 0 Å². The molecule has 2 heteroatoms. The van der Waals surface area contributed by atoms with Gasteiger partial charge >= 0.3 is 0 Å². The summed E-state index contributed by atoms with van der Waals surface area (Å²) >= 11 is 0. The Morgan fingerprint density at radius 1 is 1.44 bits per heavy atom. The molecule has 1 aliphatic carbocycles. The summed E-state index contributed by atoms with van der Waals surface area (Å²) in [5.41, 5.74) is 1.50. The van der Waals surface area contributed by atoms with Crippen LogP contribution in [0.3, 0.4) is 0 Å². The Kier molecular flexibility index (Phi) is 7.15. The summed E-state index contributed by atoms with van der Waals surface area (Å²) in [5.74, 6) is 0. The van der Waals surface area contributed by atoms with Gasteiger partial charge in [-0.15, -0.1) is 0 Å². The molecule has 0 saturated heterocycles. The molecule has 1 atom stereocenters. The minimum Gasteiger partial charge on any atom is -0.374 e. The molecule has 0 N–H and O–H groups in total. The third-order valence-corrected chi connectivity index (χ3v) is 3.10. The van der Waals surface area contributed by atoms with Crippen molar-refractivity contribution in [3.63, 3.8) is 0 Å². The quantitative estimate of drug-likeness (QED) is 0.339. The van der Waals surface area contributed by atoms with E-state index < -0.39 is 0 Å². The SMILES string of the molecule is CCCCCC1=CCCC1OCCCC=O. The molecule has 0 saturated carbocycles. The lowest BCUT2D eigenvalue weighted by Gasteiger charge is -2.15. The van der Waals surface area contributed by atoms with Crippen LogP contribution in [-0.4, -0.2) is 19.0 Å². The van der Waals surface area contributed by atoms with Gasteiger partial charge in [-0.2, -0.15) is 0 Å². The average Bonchev–Trinajstić information content (AvgIpc) is 2.73. The Morgan fingerprint density at radius 3 is 3.06 bits per heavy atom. The molecule has 0 bridgehead atoms. The first kappa shape index (κ1) is 13.4. The van der Waals surface area contributed by atoms with E-state index in [-0.39, 0.29) is 0 Å². The maximum atomic E-state index is 10.2. The fourth-order valence-electron chi connectivity index (χ4n) is 2.16. The topological polar surface area (TPSA) is 26.3 Å². The van der Waals surface area contributed by atoms with Gasteiger partial charge in [0.2, 0.25) is 0 Å². The molecule has 0 aromatic carbocycles. The van der Waals surface area contributed by atoms with Gasteiger partial charge in [-0.05, 0) is 37.7 Å². The highest BCUT2D eigenvalue weighted by Crippen LogP contribution is 2.26. The van der Waals surface area contributed by atoms with E-state index >= 15 is 0 Å². The van der Waals surface area contributed by atoms with Crippen LogP contribution in [0.5, 0.6) is 0 Å². The number of hydrogen-bond acceptors (Lipinski definition) is 2. The Bertz CT molecular complexity index is 221. The molecule has 1 unspecified atom stereocenters. The maximum Gasteiger partial charge on any atom is 0.120 e. The monoisotopic (exact) mass is 224 g/mol. The number of carbonyl (C=O) groups is 1. The molecule has 0 aromatic rings. The first-order valence-corrected chi connectivity index (χ1v) is 6.62. The zero-order valence-corrected chi connectivity index (χ0v) is 10.4. The van der Waals surface area contributed by atoms with E-state index in [2.05, 4.69) is 13.0 Å². The molecule has 0 aliphatic heterocycles. The normalized spacial score (nSPS) is 19.8. The van der Waals surface area contributed by atoms with Gasteiger partial charge in [-0.1, -0.05) is 25.8 Å². The van der Waals surface area contributed by atoms with Crippen molar-refractivity contribution in [2.75, 3.05) is 6.61 Å². The lowest BCUT2D eigenvalue weighted by molar-refractivity contribution is -0.108. The van der Waals surface area contributed by atoms with Crippen LogP contribution in [0.25, 0.3) is 0 Å². The number of rotatable bonds is 9. The predicted molar refractivity (Wildman–Crippen MR) is 66.5 cm³/mol. The van der Waals surface area contributed by atoms with E-state index in [4.69, 9.17) is 4.74 Å². The molecule has 2 nitrogen and oxygen atoms in total. The van der Waals surface area contributed by atoms with Gasteiger partial charge in [0, 0.05) is 13.0 Å².